The molecule has 4 rings (SSSR count). The summed E-state index contributed by atoms with van der Waals surface area (Å²) in [7, 11) is 0. The molecule has 1 aromatic carbocycles. The number of fused-ring (bicyclic) bond motifs is 1. The molecule has 1 saturated heterocycles. The summed E-state index contributed by atoms with van der Waals surface area (Å²) in [6, 6.07) is 12.1. The molecule has 0 bridgehead atoms. The largest absolute Gasteiger partial charge is 0.369 e. The third-order valence-corrected chi connectivity index (χ3v) is 5.48. The Bertz CT molecular complexity index is 926. The lowest BCUT2D eigenvalue weighted by molar-refractivity contribution is 0.111. The molecule has 0 amide bonds. The second kappa shape index (κ2) is 8.52. The molecule has 146 valence electrons. The number of rotatable bonds is 7. The van der Waals surface area contributed by atoms with E-state index in [2.05, 4.69) is 51.1 Å². The first kappa shape index (κ1) is 18.6. The Balaban J connectivity index is 1.44. The van der Waals surface area contributed by atoms with E-state index in [1.807, 2.05) is 6.07 Å². The topological polar surface area (TPSA) is 53.7 Å². The highest BCUT2D eigenvalue weighted by Crippen LogP contribution is 2.24. The van der Waals surface area contributed by atoms with Gasteiger partial charge in [0.05, 0.1) is 11.9 Å². The third kappa shape index (κ3) is 3.92. The van der Waals surface area contributed by atoms with Crippen LogP contribution in [0.1, 0.15) is 36.7 Å². The Morgan fingerprint density at radius 1 is 1.00 bits per heavy atom. The first-order valence-electron chi connectivity index (χ1n) is 10.2. The average molecular weight is 377 g/mol. The molecule has 3 heterocycles. The fourth-order valence-electron chi connectivity index (χ4n) is 3.81. The van der Waals surface area contributed by atoms with Crippen molar-refractivity contribution in [3.05, 3.63) is 48.3 Å². The molecule has 0 N–H and O–H groups in total. The van der Waals surface area contributed by atoms with Gasteiger partial charge < -0.3 is 4.90 Å². The number of aromatic nitrogens is 3. The number of hydrogen-bond donors (Lipinski definition) is 0. The van der Waals surface area contributed by atoms with Crippen molar-refractivity contribution >= 4 is 17.6 Å². The number of anilines is 1. The van der Waals surface area contributed by atoms with Crippen molar-refractivity contribution in [1.82, 2.24) is 19.5 Å². The molecule has 28 heavy (non-hydrogen) atoms. The number of benzene rings is 1. The Morgan fingerprint density at radius 3 is 2.50 bits per heavy atom. The SMILES string of the molecule is CCCCCN1CCN(c2ccc(-c3cnc4ccc(C=O)nn34)cc2)CC1. The van der Waals surface area contributed by atoms with E-state index in [1.165, 1.54) is 31.5 Å². The zero-order valence-electron chi connectivity index (χ0n) is 16.4. The molecule has 0 atom stereocenters. The number of imidazole rings is 1. The van der Waals surface area contributed by atoms with E-state index >= 15 is 0 Å². The van der Waals surface area contributed by atoms with Crippen LogP contribution in [0.25, 0.3) is 16.9 Å². The fraction of sp³-hybridized carbons (Fsp3) is 0.409. The van der Waals surface area contributed by atoms with Crippen molar-refractivity contribution in [2.45, 2.75) is 26.2 Å². The molecule has 2 aromatic heterocycles. The van der Waals surface area contributed by atoms with Crippen LogP contribution in [0, 0.1) is 0 Å². The summed E-state index contributed by atoms with van der Waals surface area (Å²) >= 11 is 0. The number of piperazine rings is 1. The molecule has 0 saturated carbocycles. The van der Waals surface area contributed by atoms with E-state index < -0.39 is 0 Å². The van der Waals surface area contributed by atoms with Crippen molar-refractivity contribution < 1.29 is 4.79 Å². The number of carbonyl (C=O) groups excluding carboxylic acids is 1. The van der Waals surface area contributed by atoms with Crippen LogP contribution in [-0.2, 0) is 0 Å². The van der Waals surface area contributed by atoms with Gasteiger partial charge in [-0.15, -0.1) is 0 Å². The molecule has 0 spiro atoms. The molecule has 0 unspecified atom stereocenters. The summed E-state index contributed by atoms with van der Waals surface area (Å²) in [5, 5.41) is 4.35. The van der Waals surface area contributed by atoms with Gasteiger partial charge in [0.25, 0.3) is 0 Å². The van der Waals surface area contributed by atoms with Gasteiger partial charge >= 0.3 is 0 Å². The summed E-state index contributed by atoms with van der Waals surface area (Å²) in [4.78, 5) is 20.5. The second-order valence-corrected chi connectivity index (χ2v) is 7.37. The summed E-state index contributed by atoms with van der Waals surface area (Å²) in [6.07, 6.45) is 6.48. The van der Waals surface area contributed by atoms with Crippen LogP contribution in [0.15, 0.2) is 42.6 Å². The highest BCUT2D eigenvalue weighted by atomic mass is 16.1. The van der Waals surface area contributed by atoms with Gasteiger partial charge in [-0.05, 0) is 37.2 Å². The van der Waals surface area contributed by atoms with E-state index in [0.717, 1.165) is 49.4 Å². The quantitative estimate of drug-likeness (QED) is 0.466. The van der Waals surface area contributed by atoms with Gasteiger partial charge in [0, 0.05) is 37.4 Å². The minimum absolute atomic E-state index is 0.403. The lowest BCUT2D eigenvalue weighted by Gasteiger charge is -2.36. The lowest BCUT2D eigenvalue weighted by Crippen LogP contribution is -2.46. The van der Waals surface area contributed by atoms with Gasteiger partial charge in [-0.3, -0.25) is 9.69 Å². The van der Waals surface area contributed by atoms with Crippen molar-refractivity contribution in [3.8, 4) is 11.3 Å². The Morgan fingerprint density at radius 2 is 1.79 bits per heavy atom. The van der Waals surface area contributed by atoms with Crippen LogP contribution >= 0.6 is 0 Å². The molecular formula is C22H27N5O. The standard InChI is InChI=1S/C22H27N5O/c1-2-3-4-11-25-12-14-26(15-13-25)20-8-5-18(6-9-20)21-16-23-22-10-7-19(17-28)24-27(21)22/h5-10,16-17H,2-4,11-15H2,1H3. The monoisotopic (exact) mass is 377 g/mol. The normalized spacial score (nSPS) is 15.2. The van der Waals surface area contributed by atoms with Crippen molar-refractivity contribution in [1.29, 1.82) is 0 Å². The number of unbranched alkanes of at least 4 members (excludes halogenated alkanes) is 2. The Kier molecular flexibility index (Phi) is 5.67. The highest BCUT2D eigenvalue weighted by molar-refractivity contribution is 5.73. The van der Waals surface area contributed by atoms with Gasteiger partial charge in [0.15, 0.2) is 11.9 Å². The number of nitrogens with zero attached hydrogens (tertiary/aromatic N) is 5. The molecule has 6 heteroatoms. The maximum Gasteiger partial charge on any atom is 0.170 e. The van der Waals surface area contributed by atoms with Gasteiger partial charge in [-0.1, -0.05) is 31.9 Å². The lowest BCUT2D eigenvalue weighted by atomic mass is 10.1. The summed E-state index contributed by atoms with van der Waals surface area (Å²) in [5.74, 6) is 0. The van der Waals surface area contributed by atoms with E-state index in [9.17, 15) is 4.79 Å². The van der Waals surface area contributed by atoms with E-state index in [1.54, 1.807) is 16.8 Å². The van der Waals surface area contributed by atoms with Crippen LogP contribution in [-0.4, -0.2) is 58.5 Å². The van der Waals surface area contributed by atoms with Crippen LogP contribution in [0.4, 0.5) is 5.69 Å². The van der Waals surface area contributed by atoms with Crippen LogP contribution in [0.2, 0.25) is 0 Å². The maximum absolute atomic E-state index is 11.0. The first-order chi connectivity index (χ1) is 13.8. The summed E-state index contributed by atoms with van der Waals surface area (Å²) in [6.45, 7) is 7.90. The molecular weight excluding hydrogens is 350 g/mol. The maximum atomic E-state index is 11.0. The predicted molar refractivity (Wildman–Crippen MR) is 112 cm³/mol. The van der Waals surface area contributed by atoms with Crippen LogP contribution in [0.5, 0.6) is 0 Å². The molecule has 1 fully saturated rings. The van der Waals surface area contributed by atoms with Gasteiger partial charge in [0.1, 0.15) is 5.69 Å². The summed E-state index contributed by atoms with van der Waals surface area (Å²) in [5.41, 5.74) is 4.34. The zero-order chi connectivity index (χ0) is 19.3. The molecule has 0 aliphatic carbocycles. The Labute approximate surface area is 165 Å². The molecule has 3 aromatic rings. The Hall–Kier alpha value is -2.73. The highest BCUT2D eigenvalue weighted by Gasteiger charge is 2.17. The van der Waals surface area contributed by atoms with Crippen molar-refractivity contribution in [3.63, 3.8) is 0 Å². The zero-order valence-corrected chi connectivity index (χ0v) is 16.4. The van der Waals surface area contributed by atoms with Gasteiger partial charge in [-0.25, -0.2) is 9.50 Å². The summed E-state index contributed by atoms with van der Waals surface area (Å²) < 4.78 is 1.73. The van der Waals surface area contributed by atoms with Crippen LogP contribution < -0.4 is 4.90 Å². The molecule has 1 aliphatic heterocycles. The molecule has 6 nitrogen and oxygen atoms in total. The average Bonchev–Trinajstić information content (AvgIpc) is 3.18. The minimum Gasteiger partial charge on any atom is -0.369 e. The van der Waals surface area contributed by atoms with Gasteiger partial charge in [-0.2, -0.15) is 5.10 Å². The molecule has 0 radical (unpaired) electrons. The number of aldehydes is 1. The van der Waals surface area contributed by atoms with E-state index in [-0.39, 0.29) is 0 Å². The second-order valence-electron chi connectivity index (χ2n) is 7.37. The van der Waals surface area contributed by atoms with E-state index in [0.29, 0.717) is 5.69 Å². The smallest absolute Gasteiger partial charge is 0.170 e. The van der Waals surface area contributed by atoms with Crippen molar-refractivity contribution in [2.24, 2.45) is 0 Å². The van der Waals surface area contributed by atoms with Gasteiger partial charge in [0.2, 0.25) is 0 Å². The third-order valence-electron chi connectivity index (χ3n) is 5.48. The predicted octanol–water partition coefficient (Wildman–Crippen LogP) is 3.52. The van der Waals surface area contributed by atoms with Crippen molar-refractivity contribution in [2.75, 3.05) is 37.6 Å². The molecule has 1 aliphatic rings. The van der Waals surface area contributed by atoms with E-state index in [4.69, 9.17) is 0 Å². The minimum atomic E-state index is 0.403. The first-order valence-corrected chi connectivity index (χ1v) is 10.2. The number of carbonyl (C=O) groups is 1. The van der Waals surface area contributed by atoms with Crippen LogP contribution in [0.3, 0.4) is 0 Å². The fourth-order valence-corrected chi connectivity index (χ4v) is 3.81. The number of hydrogen-bond acceptors (Lipinski definition) is 5.